The van der Waals surface area contributed by atoms with E-state index in [0.29, 0.717) is 24.6 Å². The van der Waals surface area contributed by atoms with Crippen LogP contribution in [-0.4, -0.2) is 16.0 Å². The third kappa shape index (κ3) is 4.54. The van der Waals surface area contributed by atoms with Crippen LogP contribution in [0.3, 0.4) is 0 Å². The number of benzene rings is 1. The maximum absolute atomic E-state index is 12.2. The average molecular weight is 355 g/mol. The molecule has 0 aliphatic carbocycles. The molecule has 0 saturated carbocycles. The van der Waals surface area contributed by atoms with Crippen molar-refractivity contribution in [3.05, 3.63) is 58.8 Å². The summed E-state index contributed by atoms with van der Waals surface area (Å²) in [5, 5.41) is 8.93. The van der Waals surface area contributed by atoms with Crippen molar-refractivity contribution in [1.82, 2.24) is 15.5 Å². The fourth-order valence-corrected chi connectivity index (χ4v) is 3.17. The first kappa shape index (κ1) is 17.4. The number of hydrogen-bond acceptors (Lipinski definition) is 5. The Labute approximate surface area is 151 Å². The molecule has 1 unspecified atom stereocenters. The van der Waals surface area contributed by atoms with E-state index in [-0.39, 0.29) is 11.9 Å². The molecule has 2 aromatic heterocycles. The number of aryl methyl sites for hydroxylation is 2. The van der Waals surface area contributed by atoms with Gasteiger partial charge in [-0.25, -0.2) is 0 Å². The van der Waals surface area contributed by atoms with Crippen LogP contribution in [0.2, 0.25) is 0 Å². The second-order valence-corrected chi connectivity index (χ2v) is 6.82. The monoisotopic (exact) mass is 355 g/mol. The predicted octanol–water partition coefficient (Wildman–Crippen LogP) is 4.17. The molecule has 2 heterocycles. The zero-order chi connectivity index (χ0) is 17.6. The number of nitrogens with zero attached hydrogens (tertiary/aromatic N) is 2. The summed E-state index contributed by atoms with van der Waals surface area (Å²) in [4.78, 5) is 17.5. The third-order valence-corrected chi connectivity index (χ3v) is 4.91. The lowest BCUT2D eigenvalue weighted by molar-refractivity contribution is -0.121. The standard InChI is InChI=1S/C19H21N3O2S/c1-3-14-6-8-15(9-7-14)13(2)20-17(23)10-11-18-21-19(22-24-18)16-5-4-12-25-16/h4-9,12-13H,3,10-11H2,1-2H3,(H,20,23). The van der Waals surface area contributed by atoms with Gasteiger partial charge in [-0.3, -0.25) is 4.79 Å². The number of carbonyl (C=O) groups is 1. The quantitative estimate of drug-likeness (QED) is 0.691. The number of amides is 1. The molecule has 3 rings (SSSR count). The van der Waals surface area contributed by atoms with E-state index in [1.165, 1.54) is 5.56 Å². The zero-order valence-corrected chi connectivity index (χ0v) is 15.2. The van der Waals surface area contributed by atoms with Gasteiger partial charge < -0.3 is 9.84 Å². The molecule has 130 valence electrons. The minimum Gasteiger partial charge on any atom is -0.350 e. The number of rotatable bonds is 7. The second-order valence-electron chi connectivity index (χ2n) is 5.87. The summed E-state index contributed by atoms with van der Waals surface area (Å²) in [6.45, 7) is 4.11. The van der Waals surface area contributed by atoms with Crippen molar-refractivity contribution in [2.24, 2.45) is 0 Å². The van der Waals surface area contributed by atoms with Crippen LogP contribution in [0.4, 0.5) is 0 Å². The van der Waals surface area contributed by atoms with Gasteiger partial charge in [-0.05, 0) is 35.9 Å². The molecule has 0 fully saturated rings. The Balaban J connectivity index is 1.50. The van der Waals surface area contributed by atoms with E-state index in [1.807, 2.05) is 24.4 Å². The Morgan fingerprint density at radius 2 is 2.08 bits per heavy atom. The van der Waals surface area contributed by atoms with Crippen molar-refractivity contribution in [2.45, 2.75) is 39.2 Å². The minimum absolute atomic E-state index is 0.0251. The maximum Gasteiger partial charge on any atom is 0.227 e. The molecule has 1 N–H and O–H groups in total. The molecule has 0 aliphatic rings. The molecule has 1 atom stereocenters. The van der Waals surface area contributed by atoms with E-state index >= 15 is 0 Å². The number of thiophene rings is 1. The van der Waals surface area contributed by atoms with Gasteiger partial charge in [0.05, 0.1) is 10.9 Å². The molecule has 6 heteroatoms. The zero-order valence-electron chi connectivity index (χ0n) is 14.4. The molecular formula is C19H21N3O2S. The highest BCUT2D eigenvalue weighted by Gasteiger charge is 2.13. The van der Waals surface area contributed by atoms with Gasteiger partial charge in [0.15, 0.2) is 0 Å². The van der Waals surface area contributed by atoms with Crippen molar-refractivity contribution in [3.8, 4) is 10.7 Å². The van der Waals surface area contributed by atoms with Gasteiger partial charge in [0, 0.05) is 12.8 Å². The van der Waals surface area contributed by atoms with Gasteiger partial charge in [0.1, 0.15) is 0 Å². The van der Waals surface area contributed by atoms with Gasteiger partial charge >= 0.3 is 0 Å². The van der Waals surface area contributed by atoms with Crippen LogP contribution in [0.15, 0.2) is 46.3 Å². The molecule has 5 nitrogen and oxygen atoms in total. The lowest BCUT2D eigenvalue weighted by Crippen LogP contribution is -2.26. The summed E-state index contributed by atoms with van der Waals surface area (Å²) in [5.41, 5.74) is 2.39. The first-order valence-electron chi connectivity index (χ1n) is 8.40. The van der Waals surface area contributed by atoms with Crippen molar-refractivity contribution in [1.29, 1.82) is 0 Å². The predicted molar refractivity (Wildman–Crippen MR) is 98.3 cm³/mol. The van der Waals surface area contributed by atoms with Crippen LogP contribution in [0.1, 0.15) is 43.3 Å². The third-order valence-electron chi connectivity index (χ3n) is 4.04. The molecule has 3 aromatic rings. The first-order valence-corrected chi connectivity index (χ1v) is 9.28. The summed E-state index contributed by atoms with van der Waals surface area (Å²) >= 11 is 1.56. The number of carbonyl (C=O) groups excluding carboxylic acids is 1. The van der Waals surface area contributed by atoms with E-state index in [4.69, 9.17) is 4.52 Å². The molecule has 25 heavy (non-hydrogen) atoms. The first-order chi connectivity index (χ1) is 12.2. The Bertz CT molecular complexity index is 810. The molecule has 1 aromatic carbocycles. The van der Waals surface area contributed by atoms with E-state index in [9.17, 15) is 4.79 Å². The van der Waals surface area contributed by atoms with Crippen LogP contribution in [0, 0.1) is 0 Å². The summed E-state index contributed by atoms with van der Waals surface area (Å²) < 4.78 is 5.22. The number of nitrogens with one attached hydrogen (secondary N) is 1. The molecule has 0 spiro atoms. The number of aromatic nitrogens is 2. The van der Waals surface area contributed by atoms with Gasteiger partial charge in [-0.15, -0.1) is 11.3 Å². The van der Waals surface area contributed by atoms with Gasteiger partial charge in [-0.2, -0.15) is 4.98 Å². The lowest BCUT2D eigenvalue weighted by atomic mass is 10.0. The summed E-state index contributed by atoms with van der Waals surface area (Å²) in [7, 11) is 0. The Morgan fingerprint density at radius 1 is 1.28 bits per heavy atom. The number of hydrogen-bond donors (Lipinski definition) is 1. The molecule has 1 amide bonds. The van der Waals surface area contributed by atoms with E-state index < -0.39 is 0 Å². The van der Waals surface area contributed by atoms with E-state index in [1.54, 1.807) is 11.3 Å². The summed E-state index contributed by atoms with van der Waals surface area (Å²) in [6.07, 6.45) is 1.77. The largest absolute Gasteiger partial charge is 0.350 e. The smallest absolute Gasteiger partial charge is 0.227 e. The van der Waals surface area contributed by atoms with Gasteiger partial charge in [-0.1, -0.05) is 42.4 Å². The fourth-order valence-electron chi connectivity index (χ4n) is 2.52. The Kier molecular flexibility index (Phi) is 5.60. The van der Waals surface area contributed by atoms with E-state index in [2.05, 4.69) is 46.6 Å². The fraction of sp³-hybridized carbons (Fsp3) is 0.316. The Morgan fingerprint density at radius 3 is 2.76 bits per heavy atom. The van der Waals surface area contributed by atoms with Crippen LogP contribution < -0.4 is 5.32 Å². The highest BCUT2D eigenvalue weighted by atomic mass is 32.1. The maximum atomic E-state index is 12.2. The van der Waals surface area contributed by atoms with Crippen molar-refractivity contribution < 1.29 is 9.32 Å². The van der Waals surface area contributed by atoms with Gasteiger partial charge in [0.25, 0.3) is 0 Å². The van der Waals surface area contributed by atoms with E-state index in [0.717, 1.165) is 16.9 Å². The molecule has 0 bridgehead atoms. The average Bonchev–Trinajstić information content (AvgIpc) is 3.31. The van der Waals surface area contributed by atoms with Gasteiger partial charge in [0.2, 0.25) is 17.6 Å². The van der Waals surface area contributed by atoms with Crippen molar-refractivity contribution in [3.63, 3.8) is 0 Å². The summed E-state index contributed by atoms with van der Waals surface area (Å²) in [6, 6.07) is 12.2. The molecule has 0 aliphatic heterocycles. The lowest BCUT2D eigenvalue weighted by Gasteiger charge is -2.14. The van der Waals surface area contributed by atoms with Crippen LogP contribution in [0.5, 0.6) is 0 Å². The van der Waals surface area contributed by atoms with Crippen molar-refractivity contribution >= 4 is 17.2 Å². The highest BCUT2D eigenvalue weighted by molar-refractivity contribution is 7.13. The topological polar surface area (TPSA) is 68.0 Å². The van der Waals surface area contributed by atoms with Crippen LogP contribution in [-0.2, 0) is 17.6 Å². The second kappa shape index (κ2) is 8.07. The highest BCUT2D eigenvalue weighted by Crippen LogP contribution is 2.21. The molecule has 0 radical (unpaired) electrons. The van der Waals surface area contributed by atoms with Crippen LogP contribution in [0.25, 0.3) is 10.7 Å². The Hall–Kier alpha value is -2.47. The molecule has 0 saturated heterocycles. The van der Waals surface area contributed by atoms with Crippen molar-refractivity contribution in [2.75, 3.05) is 0 Å². The minimum atomic E-state index is -0.0252. The molecular weight excluding hydrogens is 334 g/mol. The normalized spacial score (nSPS) is 12.1. The van der Waals surface area contributed by atoms with Crippen LogP contribution >= 0.6 is 11.3 Å². The SMILES string of the molecule is CCc1ccc(C(C)NC(=O)CCc2nc(-c3cccs3)no2)cc1. The summed E-state index contributed by atoms with van der Waals surface area (Å²) in [5.74, 6) is 1.04.